The number of nitrogens with zero attached hydrogens (tertiary/aromatic N) is 1. The molecular weight excluding hydrogens is 231 g/mol. The van der Waals surface area contributed by atoms with E-state index in [9.17, 15) is 0 Å². The molecule has 1 aliphatic carbocycles. The topological polar surface area (TPSA) is 38.9 Å². The van der Waals surface area contributed by atoms with Crippen LogP contribution in [0.2, 0.25) is 5.02 Å². The third-order valence-electron chi connectivity index (χ3n) is 2.79. The van der Waals surface area contributed by atoms with Crippen molar-refractivity contribution in [2.45, 2.75) is 31.1 Å². The Morgan fingerprint density at radius 3 is 2.93 bits per heavy atom. The zero-order valence-electron chi connectivity index (χ0n) is 8.42. The first-order valence-electron chi connectivity index (χ1n) is 5.21. The summed E-state index contributed by atoms with van der Waals surface area (Å²) in [6, 6.07) is 1.88. The van der Waals surface area contributed by atoms with Gasteiger partial charge in [0.15, 0.2) is 0 Å². The van der Waals surface area contributed by atoms with Crippen LogP contribution in [0.15, 0.2) is 12.3 Å². The number of hydrogen-bond donors (Lipinski definition) is 1. The largest absolute Gasteiger partial charge is 0.383 e. The predicted molar refractivity (Wildman–Crippen MR) is 64.3 cm³/mol. The summed E-state index contributed by atoms with van der Waals surface area (Å²) in [5.41, 5.74) is 6.76. The number of aromatic nitrogens is 1. The number of rotatable bonds is 4. The van der Waals surface area contributed by atoms with Crippen LogP contribution in [0.5, 0.6) is 0 Å². The summed E-state index contributed by atoms with van der Waals surface area (Å²) in [6.07, 6.45) is 5.94. The molecule has 1 aromatic heterocycles. The lowest BCUT2D eigenvalue weighted by molar-refractivity contribution is 0.676. The molecule has 0 bridgehead atoms. The van der Waals surface area contributed by atoms with E-state index in [1.165, 1.54) is 12.8 Å². The summed E-state index contributed by atoms with van der Waals surface area (Å²) in [5.74, 6) is 1.29. The van der Waals surface area contributed by atoms with E-state index < -0.39 is 0 Å². The van der Waals surface area contributed by atoms with E-state index in [-0.39, 0.29) is 5.38 Å². The SMILES string of the molecule is Nc1ncc(Cl)cc1CCC(Cl)C1CC1. The molecule has 0 aromatic carbocycles. The van der Waals surface area contributed by atoms with E-state index in [0.717, 1.165) is 24.3 Å². The van der Waals surface area contributed by atoms with Gasteiger partial charge in [0.25, 0.3) is 0 Å². The van der Waals surface area contributed by atoms with Gasteiger partial charge in [-0.2, -0.15) is 0 Å². The first-order valence-corrected chi connectivity index (χ1v) is 6.02. The van der Waals surface area contributed by atoms with Crippen molar-refractivity contribution in [1.82, 2.24) is 4.98 Å². The molecule has 2 nitrogen and oxygen atoms in total. The predicted octanol–water partition coefficient (Wildman–Crippen LogP) is 3.27. The highest BCUT2D eigenvalue weighted by atomic mass is 35.5. The molecule has 0 spiro atoms. The number of anilines is 1. The zero-order chi connectivity index (χ0) is 10.8. The van der Waals surface area contributed by atoms with E-state index in [2.05, 4.69) is 4.98 Å². The quantitative estimate of drug-likeness (QED) is 0.827. The molecule has 82 valence electrons. The summed E-state index contributed by atoms with van der Waals surface area (Å²) in [4.78, 5) is 4.02. The van der Waals surface area contributed by atoms with Crippen molar-refractivity contribution >= 4 is 29.0 Å². The Labute approximate surface area is 99.8 Å². The fraction of sp³-hybridized carbons (Fsp3) is 0.545. The van der Waals surface area contributed by atoms with E-state index >= 15 is 0 Å². The van der Waals surface area contributed by atoms with Gasteiger partial charge in [0.05, 0.1) is 5.02 Å². The summed E-state index contributed by atoms with van der Waals surface area (Å²) in [6.45, 7) is 0. The fourth-order valence-electron chi connectivity index (χ4n) is 1.68. The average molecular weight is 245 g/mol. The summed E-state index contributed by atoms with van der Waals surface area (Å²) in [7, 11) is 0. The van der Waals surface area contributed by atoms with Gasteiger partial charge in [-0.3, -0.25) is 0 Å². The van der Waals surface area contributed by atoms with Gasteiger partial charge < -0.3 is 5.73 Å². The Morgan fingerprint density at radius 2 is 2.27 bits per heavy atom. The van der Waals surface area contributed by atoms with Crippen LogP contribution >= 0.6 is 23.2 Å². The molecule has 1 heterocycles. The van der Waals surface area contributed by atoms with Crippen LogP contribution in [0.3, 0.4) is 0 Å². The monoisotopic (exact) mass is 244 g/mol. The summed E-state index contributed by atoms with van der Waals surface area (Å²) in [5, 5.41) is 0.917. The van der Waals surface area contributed by atoms with Gasteiger partial charge in [0, 0.05) is 11.6 Å². The van der Waals surface area contributed by atoms with E-state index in [4.69, 9.17) is 28.9 Å². The number of nitrogen functional groups attached to an aromatic ring is 1. The van der Waals surface area contributed by atoms with Gasteiger partial charge in [-0.25, -0.2) is 4.98 Å². The maximum atomic E-state index is 6.23. The molecule has 2 N–H and O–H groups in total. The molecule has 1 aromatic rings. The molecule has 15 heavy (non-hydrogen) atoms. The first kappa shape index (κ1) is 11.0. The van der Waals surface area contributed by atoms with Gasteiger partial charge >= 0.3 is 0 Å². The van der Waals surface area contributed by atoms with Crippen LogP contribution in [-0.4, -0.2) is 10.4 Å². The lowest BCUT2D eigenvalue weighted by Crippen LogP contribution is -2.05. The van der Waals surface area contributed by atoms with E-state index in [1.807, 2.05) is 6.07 Å². The van der Waals surface area contributed by atoms with Gasteiger partial charge in [-0.05, 0) is 43.2 Å². The molecule has 1 fully saturated rings. The molecule has 1 atom stereocenters. The Kier molecular flexibility index (Phi) is 3.37. The Hall–Kier alpha value is -0.470. The molecule has 1 unspecified atom stereocenters. The van der Waals surface area contributed by atoms with Crippen molar-refractivity contribution in [3.05, 3.63) is 22.8 Å². The van der Waals surface area contributed by atoms with Crippen molar-refractivity contribution in [2.24, 2.45) is 5.92 Å². The van der Waals surface area contributed by atoms with Crippen LogP contribution in [0.1, 0.15) is 24.8 Å². The molecule has 0 saturated heterocycles. The summed E-state index contributed by atoms with van der Waals surface area (Å²) < 4.78 is 0. The minimum atomic E-state index is 0.281. The number of aryl methyl sites for hydroxylation is 1. The third kappa shape index (κ3) is 2.99. The molecule has 4 heteroatoms. The highest BCUT2D eigenvalue weighted by molar-refractivity contribution is 6.30. The van der Waals surface area contributed by atoms with E-state index in [0.29, 0.717) is 10.8 Å². The van der Waals surface area contributed by atoms with Crippen LogP contribution in [-0.2, 0) is 6.42 Å². The maximum Gasteiger partial charge on any atom is 0.126 e. The van der Waals surface area contributed by atoms with Crippen molar-refractivity contribution in [3.63, 3.8) is 0 Å². The zero-order valence-corrected chi connectivity index (χ0v) is 9.93. The Morgan fingerprint density at radius 1 is 1.53 bits per heavy atom. The van der Waals surface area contributed by atoms with Crippen molar-refractivity contribution in [2.75, 3.05) is 5.73 Å². The Balaban J connectivity index is 1.94. The molecular formula is C11H14Cl2N2. The standard InChI is InChI=1S/C11H14Cl2N2/c12-9-5-8(11(14)15-6-9)3-4-10(13)7-1-2-7/h5-7,10H,1-4H2,(H2,14,15). The number of pyridine rings is 1. The second kappa shape index (κ2) is 4.58. The molecule has 0 amide bonds. The molecule has 1 aliphatic rings. The Bertz CT molecular complexity index is 350. The third-order valence-corrected chi connectivity index (χ3v) is 3.57. The van der Waals surface area contributed by atoms with Crippen LogP contribution in [0, 0.1) is 5.92 Å². The normalized spacial score (nSPS) is 17.7. The van der Waals surface area contributed by atoms with E-state index in [1.54, 1.807) is 6.20 Å². The molecule has 0 radical (unpaired) electrons. The molecule has 1 saturated carbocycles. The van der Waals surface area contributed by atoms with Crippen LogP contribution < -0.4 is 5.73 Å². The number of nitrogens with two attached hydrogens (primary N) is 1. The van der Waals surface area contributed by atoms with Gasteiger partial charge in [-0.1, -0.05) is 11.6 Å². The van der Waals surface area contributed by atoms with Gasteiger partial charge in [-0.15, -0.1) is 11.6 Å². The minimum absolute atomic E-state index is 0.281. The van der Waals surface area contributed by atoms with Crippen molar-refractivity contribution < 1.29 is 0 Å². The van der Waals surface area contributed by atoms with Crippen molar-refractivity contribution in [3.8, 4) is 0 Å². The van der Waals surface area contributed by atoms with Gasteiger partial charge in [0.2, 0.25) is 0 Å². The average Bonchev–Trinajstić information content (AvgIpc) is 3.02. The fourth-order valence-corrected chi connectivity index (χ4v) is 2.22. The number of halogens is 2. The van der Waals surface area contributed by atoms with Crippen molar-refractivity contribution in [1.29, 1.82) is 0 Å². The summed E-state index contributed by atoms with van der Waals surface area (Å²) >= 11 is 12.1. The lowest BCUT2D eigenvalue weighted by Gasteiger charge is -2.09. The highest BCUT2D eigenvalue weighted by Crippen LogP contribution is 2.37. The minimum Gasteiger partial charge on any atom is -0.383 e. The van der Waals surface area contributed by atoms with Crippen LogP contribution in [0.25, 0.3) is 0 Å². The first-order chi connectivity index (χ1) is 7.16. The number of hydrogen-bond acceptors (Lipinski definition) is 2. The van der Waals surface area contributed by atoms with Crippen LogP contribution in [0.4, 0.5) is 5.82 Å². The maximum absolute atomic E-state index is 6.23. The second-order valence-corrected chi connectivity index (χ2v) is 5.09. The second-order valence-electron chi connectivity index (χ2n) is 4.09. The smallest absolute Gasteiger partial charge is 0.126 e. The lowest BCUT2D eigenvalue weighted by atomic mass is 10.1. The highest BCUT2D eigenvalue weighted by Gasteiger charge is 2.29. The molecule has 2 rings (SSSR count). The number of alkyl halides is 1. The van der Waals surface area contributed by atoms with Gasteiger partial charge in [0.1, 0.15) is 5.82 Å². The molecule has 0 aliphatic heterocycles.